The van der Waals surface area contributed by atoms with Gasteiger partial charge in [0.2, 0.25) is 0 Å². The Morgan fingerprint density at radius 3 is 2.00 bits per heavy atom. The molecule has 25 heavy (non-hydrogen) atoms. The van der Waals surface area contributed by atoms with Gasteiger partial charge < -0.3 is 9.47 Å². The monoisotopic (exact) mass is 360 g/mol. The maximum atomic E-state index is 14.4. The summed E-state index contributed by atoms with van der Waals surface area (Å²) in [5.74, 6) is -0.103. The van der Waals surface area contributed by atoms with Gasteiger partial charge in [0.25, 0.3) is 0 Å². The Morgan fingerprint density at radius 2 is 1.36 bits per heavy atom. The van der Waals surface area contributed by atoms with Crippen molar-refractivity contribution in [3.8, 4) is 33.8 Å². The predicted molar refractivity (Wildman–Crippen MR) is 95.3 cm³/mol. The van der Waals surface area contributed by atoms with Gasteiger partial charge in [-0.25, -0.2) is 8.78 Å². The fourth-order valence-electron chi connectivity index (χ4n) is 2.74. The molecule has 0 fully saturated rings. The molecule has 0 heterocycles. The first-order valence-electron chi connectivity index (χ1n) is 7.52. The third-order valence-corrected chi connectivity index (χ3v) is 4.23. The zero-order valence-corrected chi connectivity index (χ0v) is 14.4. The van der Waals surface area contributed by atoms with Gasteiger partial charge in [-0.2, -0.15) is 0 Å². The molecule has 0 aromatic heterocycles. The molecular weight excluding hydrogens is 346 g/mol. The predicted octanol–water partition coefficient (Wildman–Crippen LogP) is 5.97. The van der Waals surface area contributed by atoms with Crippen LogP contribution in [0.3, 0.4) is 0 Å². The lowest BCUT2D eigenvalue weighted by atomic mass is 9.96. The Balaban J connectivity index is 2.33. The highest BCUT2D eigenvalue weighted by molar-refractivity contribution is 6.33. The number of hydrogen-bond donors (Lipinski definition) is 0. The first kappa shape index (κ1) is 17.2. The molecule has 0 N–H and O–H groups in total. The van der Waals surface area contributed by atoms with E-state index < -0.39 is 11.6 Å². The van der Waals surface area contributed by atoms with Crippen molar-refractivity contribution in [1.29, 1.82) is 0 Å². The third kappa shape index (κ3) is 3.17. The van der Waals surface area contributed by atoms with Gasteiger partial charge in [-0.3, -0.25) is 0 Å². The zero-order valence-electron chi connectivity index (χ0n) is 13.6. The second-order valence-corrected chi connectivity index (χ2v) is 5.74. The fourth-order valence-corrected chi connectivity index (χ4v) is 3.00. The van der Waals surface area contributed by atoms with Gasteiger partial charge in [-0.15, -0.1) is 0 Å². The van der Waals surface area contributed by atoms with Crippen molar-refractivity contribution in [2.75, 3.05) is 14.2 Å². The van der Waals surface area contributed by atoms with Crippen LogP contribution in [0.5, 0.6) is 11.5 Å². The Labute approximate surface area is 149 Å². The molecule has 5 heteroatoms. The first-order chi connectivity index (χ1) is 12.1. The molecule has 0 spiro atoms. The average Bonchev–Trinajstić information content (AvgIpc) is 2.61. The Kier molecular flexibility index (Phi) is 4.91. The van der Waals surface area contributed by atoms with Crippen LogP contribution in [0.4, 0.5) is 8.78 Å². The summed E-state index contributed by atoms with van der Waals surface area (Å²) in [7, 11) is 2.95. The molecule has 0 saturated heterocycles. The molecule has 0 radical (unpaired) electrons. The average molecular weight is 361 g/mol. The van der Waals surface area contributed by atoms with Crippen LogP contribution >= 0.6 is 11.6 Å². The lowest BCUT2D eigenvalue weighted by molar-refractivity contribution is 0.396. The van der Waals surface area contributed by atoms with E-state index in [1.807, 2.05) is 0 Å². The van der Waals surface area contributed by atoms with E-state index in [1.54, 1.807) is 36.4 Å². The van der Waals surface area contributed by atoms with E-state index in [4.69, 9.17) is 21.1 Å². The van der Waals surface area contributed by atoms with Gasteiger partial charge in [-0.05, 0) is 24.3 Å². The highest BCUT2D eigenvalue weighted by Gasteiger charge is 2.20. The molecule has 0 unspecified atom stereocenters. The number of halogens is 3. The van der Waals surface area contributed by atoms with Gasteiger partial charge in [0.1, 0.15) is 23.1 Å². The summed E-state index contributed by atoms with van der Waals surface area (Å²) in [6.45, 7) is 0. The van der Waals surface area contributed by atoms with E-state index in [1.165, 1.54) is 32.4 Å². The minimum absolute atomic E-state index is 0.196. The quantitative estimate of drug-likeness (QED) is 0.570. The Morgan fingerprint density at radius 1 is 0.720 bits per heavy atom. The second-order valence-electron chi connectivity index (χ2n) is 5.33. The van der Waals surface area contributed by atoms with Crippen LogP contribution in [0.25, 0.3) is 22.3 Å². The number of ether oxygens (including phenoxy) is 2. The summed E-state index contributed by atoms with van der Waals surface area (Å²) in [5.41, 5.74) is 1.44. The van der Waals surface area contributed by atoms with Crippen LogP contribution in [0.15, 0.2) is 54.6 Å². The first-order valence-corrected chi connectivity index (χ1v) is 7.90. The summed E-state index contributed by atoms with van der Waals surface area (Å²) in [6.07, 6.45) is 0. The maximum absolute atomic E-state index is 14.4. The van der Waals surface area contributed by atoms with Crippen LogP contribution < -0.4 is 9.47 Å². The molecule has 0 aliphatic heterocycles. The zero-order chi connectivity index (χ0) is 18.0. The molecule has 2 nitrogen and oxygen atoms in total. The summed E-state index contributed by atoms with van der Waals surface area (Å²) in [5, 5.41) is 0.239. The smallest absolute Gasteiger partial charge is 0.132 e. The van der Waals surface area contributed by atoms with Crippen LogP contribution in [-0.4, -0.2) is 14.2 Å². The van der Waals surface area contributed by atoms with Crippen molar-refractivity contribution in [3.05, 3.63) is 71.3 Å². The van der Waals surface area contributed by atoms with Crippen molar-refractivity contribution in [2.45, 2.75) is 0 Å². The third-order valence-electron chi connectivity index (χ3n) is 3.92. The van der Waals surface area contributed by atoms with Crippen LogP contribution in [-0.2, 0) is 0 Å². The molecular formula is C20H15ClF2O2. The number of benzene rings is 3. The van der Waals surface area contributed by atoms with Gasteiger partial charge in [0.05, 0.1) is 19.2 Å². The topological polar surface area (TPSA) is 18.5 Å². The molecule has 0 saturated carbocycles. The van der Waals surface area contributed by atoms with Crippen LogP contribution in [0.1, 0.15) is 0 Å². The lowest BCUT2D eigenvalue weighted by Gasteiger charge is -2.17. The van der Waals surface area contributed by atoms with Crippen molar-refractivity contribution >= 4 is 11.6 Å². The van der Waals surface area contributed by atoms with E-state index in [2.05, 4.69) is 0 Å². The molecule has 0 amide bonds. The van der Waals surface area contributed by atoms with Gasteiger partial charge in [0.15, 0.2) is 0 Å². The van der Waals surface area contributed by atoms with Gasteiger partial charge >= 0.3 is 0 Å². The summed E-state index contributed by atoms with van der Waals surface area (Å²) >= 11 is 6.20. The van der Waals surface area contributed by atoms with Crippen molar-refractivity contribution < 1.29 is 18.3 Å². The number of methoxy groups -OCH3 is 2. The molecule has 3 aromatic rings. The van der Waals surface area contributed by atoms with E-state index in [0.717, 1.165) is 0 Å². The van der Waals surface area contributed by atoms with E-state index >= 15 is 0 Å². The maximum Gasteiger partial charge on any atom is 0.132 e. The summed E-state index contributed by atoms with van der Waals surface area (Å²) in [4.78, 5) is 0. The van der Waals surface area contributed by atoms with Crippen molar-refractivity contribution in [2.24, 2.45) is 0 Å². The lowest BCUT2D eigenvalue weighted by Crippen LogP contribution is -1.97. The fraction of sp³-hybridized carbons (Fsp3) is 0.100. The SMILES string of the molecule is COc1cc(OC)c(-c2c(F)cccc2Cl)cc1-c1ccccc1F. The van der Waals surface area contributed by atoms with Crippen LogP contribution in [0.2, 0.25) is 5.02 Å². The molecule has 0 atom stereocenters. The molecule has 3 aromatic carbocycles. The second kappa shape index (κ2) is 7.11. The van der Waals surface area contributed by atoms with E-state index in [-0.39, 0.29) is 10.6 Å². The molecule has 0 aliphatic rings. The minimum atomic E-state index is -0.490. The standard InChI is InChI=1S/C20H15ClF2O2/c1-24-18-11-19(25-2)14(20-15(21)7-5-9-17(20)23)10-13(18)12-6-3-4-8-16(12)22/h3-11H,1-2H3. The molecule has 0 bridgehead atoms. The van der Waals surface area contributed by atoms with Crippen molar-refractivity contribution in [1.82, 2.24) is 0 Å². The molecule has 128 valence electrons. The number of rotatable bonds is 4. The highest BCUT2D eigenvalue weighted by atomic mass is 35.5. The van der Waals surface area contributed by atoms with Crippen LogP contribution in [0, 0.1) is 11.6 Å². The van der Waals surface area contributed by atoms with E-state index in [0.29, 0.717) is 28.2 Å². The Bertz CT molecular complexity index is 905. The summed E-state index contributed by atoms with van der Waals surface area (Å²) in [6, 6.07) is 14.0. The molecule has 0 aliphatic carbocycles. The number of hydrogen-bond acceptors (Lipinski definition) is 2. The summed E-state index contributed by atoms with van der Waals surface area (Å²) < 4.78 is 39.4. The van der Waals surface area contributed by atoms with E-state index in [9.17, 15) is 8.78 Å². The minimum Gasteiger partial charge on any atom is -0.496 e. The molecule has 3 rings (SSSR count). The highest BCUT2D eigenvalue weighted by Crippen LogP contribution is 2.44. The largest absolute Gasteiger partial charge is 0.496 e. The Hall–Kier alpha value is -2.59. The van der Waals surface area contributed by atoms with Gasteiger partial charge in [0, 0.05) is 28.3 Å². The van der Waals surface area contributed by atoms with Crippen molar-refractivity contribution in [3.63, 3.8) is 0 Å². The normalized spacial score (nSPS) is 10.6. The van der Waals surface area contributed by atoms with Gasteiger partial charge in [-0.1, -0.05) is 35.9 Å².